The third kappa shape index (κ3) is 3.70. The molecule has 0 aliphatic carbocycles. The third-order valence-corrected chi connectivity index (χ3v) is 4.00. The van der Waals surface area contributed by atoms with Crippen molar-refractivity contribution in [1.29, 1.82) is 0 Å². The Balaban J connectivity index is 1.67. The average Bonchev–Trinajstić information content (AvgIpc) is 3.05. The average molecular weight is 341 g/mol. The smallest absolute Gasteiger partial charge is 0.416 e. The van der Waals surface area contributed by atoms with Gasteiger partial charge in [0.2, 0.25) is 0 Å². The summed E-state index contributed by atoms with van der Waals surface area (Å²) >= 11 is 0. The van der Waals surface area contributed by atoms with Gasteiger partial charge in [-0.05, 0) is 11.6 Å². The van der Waals surface area contributed by atoms with Gasteiger partial charge in [0.05, 0.1) is 18.0 Å². The third-order valence-electron chi connectivity index (χ3n) is 4.00. The zero-order valence-electron chi connectivity index (χ0n) is 13.1. The molecule has 1 N–H and O–H groups in total. The number of nitrogens with zero attached hydrogens (tertiary/aromatic N) is 3. The van der Waals surface area contributed by atoms with E-state index in [1.54, 1.807) is 28.9 Å². The molecule has 0 spiro atoms. The fourth-order valence-electron chi connectivity index (χ4n) is 2.89. The van der Waals surface area contributed by atoms with E-state index in [2.05, 4.69) is 5.10 Å². The van der Waals surface area contributed by atoms with E-state index in [0.29, 0.717) is 12.3 Å². The number of aromatic nitrogens is 2. The number of aliphatic hydroxyl groups excluding tert-OH is 1. The van der Waals surface area contributed by atoms with Gasteiger partial charge in [0.25, 0.3) is 0 Å². The highest BCUT2D eigenvalue weighted by atomic mass is 19.4. The first-order chi connectivity index (χ1) is 11.3. The van der Waals surface area contributed by atoms with Crippen LogP contribution < -0.4 is 4.74 Å². The number of aliphatic hydroxyl groups is 1. The molecule has 24 heavy (non-hydrogen) atoms. The number of β-amino-alcohol motifs (C(OH)–C–C–N with tert-alkyl or cyclic N) is 1. The van der Waals surface area contributed by atoms with Gasteiger partial charge in [-0.25, -0.2) is 0 Å². The van der Waals surface area contributed by atoms with Crippen LogP contribution in [0, 0.1) is 0 Å². The number of ether oxygens (including phenoxy) is 1. The first kappa shape index (κ1) is 16.8. The first-order valence-corrected chi connectivity index (χ1v) is 7.54. The van der Waals surface area contributed by atoms with E-state index in [-0.39, 0.29) is 18.7 Å². The minimum atomic E-state index is -4.39. The Morgan fingerprint density at radius 2 is 2.04 bits per heavy atom. The molecule has 0 saturated carbocycles. The van der Waals surface area contributed by atoms with Crippen molar-refractivity contribution >= 4 is 0 Å². The van der Waals surface area contributed by atoms with Gasteiger partial charge in [0.15, 0.2) is 5.75 Å². The van der Waals surface area contributed by atoms with Gasteiger partial charge in [-0.1, -0.05) is 18.2 Å². The molecular formula is C16H18F3N3O2. The molecule has 2 heterocycles. The van der Waals surface area contributed by atoms with Gasteiger partial charge >= 0.3 is 6.18 Å². The van der Waals surface area contributed by atoms with E-state index in [0.717, 1.165) is 6.07 Å². The molecule has 1 aromatic carbocycles. The number of alkyl halides is 3. The zero-order valence-corrected chi connectivity index (χ0v) is 13.1. The van der Waals surface area contributed by atoms with Crippen molar-refractivity contribution in [3.05, 3.63) is 47.8 Å². The lowest BCUT2D eigenvalue weighted by Crippen LogP contribution is -2.29. The number of hydrogen-bond donors (Lipinski definition) is 1. The Bertz CT molecular complexity index is 702. The van der Waals surface area contributed by atoms with Crippen LogP contribution in [-0.4, -0.2) is 45.1 Å². The number of rotatable bonds is 4. The fourth-order valence-corrected chi connectivity index (χ4v) is 2.89. The number of likely N-dealkylation sites (tertiary alicyclic amines) is 1. The maximum absolute atomic E-state index is 13.1. The van der Waals surface area contributed by atoms with Crippen molar-refractivity contribution in [1.82, 2.24) is 14.7 Å². The van der Waals surface area contributed by atoms with Crippen LogP contribution in [0.25, 0.3) is 0 Å². The van der Waals surface area contributed by atoms with Gasteiger partial charge < -0.3 is 9.84 Å². The molecule has 0 amide bonds. The number of aryl methyl sites for hydroxylation is 1. The van der Waals surface area contributed by atoms with E-state index in [4.69, 9.17) is 4.74 Å². The molecule has 3 rings (SSSR count). The summed E-state index contributed by atoms with van der Waals surface area (Å²) < 4.78 is 46.4. The van der Waals surface area contributed by atoms with Gasteiger partial charge in [-0.15, -0.1) is 0 Å². The van der Waals surface area contributed by atoms with Crippen LogP contribution in [0.3, 0.4) is 0 Å². The molecule has 0 bridgehead atoms. The maximum Gasteiger partial charge on any atom is 0.416 e. The number of benzene rings is 1. The molecule has 1 aliphatic heterocycles. The van der Waals surface area contributed by atoms with Gasteiger partial charge in [0.1, 0.15) is 12.2 Å². The second-order valence-corrected chi connectivity index (χ2v) is 5.92. The first-order valence-electron chi connectivity index (χ1n) is 7.54. The minimum Gasteiger partial charge on any atom is -0.483 e. The largest absolute Gasteiger partial charge is 0.483 e. The normalized spacial score (nSPS) is 22.0. The summed E-state index contributed by atoms with van der Waals surface area (Å²) in [4.78, 5) is 1.76. The predicted octanol–water partition coefficient (Wildman–Crippen LogP) is 2.06. The topological polar surface area (TPSA) is 50.5 Å². The van der Waals surface area contributed by atoms with Crippen molar-refractivity contribution in [2.45, 2.75) is 24.9 Å². The molecule has 0 radical (unpaired) electrons. The standard InChI is InChI=1S/C16H18F3N3O2/c1-21-8-12(6-20-21)24-15-10-22(9-14(15)23)7-11-4-2-3-5-13(11)16(17,18)19/h2-6,8,14-15,23H,7,9-10H2,1H3/t14-,15-/m1/s1. The van der Waals surface area contributed by atoms with Crippen molar-refractivity contribution in [2.75, 3.05) is 13.1 Å². The Kier molecular flexibility index (Phi) is 4.51. The highest BCUT2D eigenvalue weighted by molar-refractivity contribution is 5.29. The Morgan fingerprint density at radius 1 is 1.29 bits per heavy atom. The van der Waals surface area contributed by atoms with Gasteiger partial charge in [-0.3, -0.25) is 9.58 Å². The molecule has 0 unspecified atom stereocenters. The summed E-state index contributed by atoms with van der Waals surface area (Å²) in [6.45, 7) is 0.721. The van der Waals surface area contributed by atoms with Crippen molar-refractivity contribution < 1.29 is 23.0 Å². The molecular weight excluding hydrogens is 323 g/mol. The molecule has 1 aliphatic rings. The van der Waals surface area contributed by atoms with E-state index >= 15 is 0 Å². The lowest BCUT2D eigenvalue weighted by atomic mass is 10.1. The van der Waals surface area contributed by atoms with Crippen LogP contribution in [0.1, 0.15) is 11.1 Å². The second-order valence-electron chi connectivity index (χ2n) is 5.92. The summed E-state index contributed by atoms with van der Waals surface area (Å²) in [5, 5.41) is 14.1. The Morgan fingerprint density at radius 3 is 2.71 bits per heavy atom. The van der Waals surface area contributed by atoms with E-state index in [1.165, 1.54) is 18.3 Å². The molecule has 130 valence electrons. The van der Waals surface area contributed by atoms with Crippen LogP contribution in [0.15, 0.2) is 36.7 Å². The van der Waals surface area contributed by atoms with Crippen molar-refractivity contribution in [3.63, 3.8) is 0 Å². The summed E-state index contributed by atoms with van der Waals surface area (Å²) in [6, 6.07) is 5.50. The van der Waals surface area contributed by atoms with Gasteiger partial charge in [0, 0.05) is 26.7 Å². The van der Waals surface area contributed by atoms with Crippen molar-refractivity contribution in [3.8, 4) is 5.75 Å². The molecule has 2 atom stereocenters. The molecule has 1 aromatic heterocycles. The van der Waals surface area contributed by atoms with E-state index in [1.807, 2.05) is 0 Å². The molecule has 5 nitrogen and oxygen atoms in total. The zero-order chi connectivity index (χ0) is 17.3. The Hall–Kier alpha value is -2.06. The summed E-state index contributed by atoms with van der Waals surface area (Å²) in [5.41, 5.74) is -0.449. The quantitative estimate of drug-likeness (QED) is 0.925. The molecule has 1 saturated heterocycles. The lowest BCUT2D eigenvalue weighted by molar-refractivity contribution is -0.138. The maximum atomic E-state index is 13.1. The summed E-state index contributed by atoms with van der Waals surface area (Å²) in [6.07, 6.45) is -2.43. The molecule has 2 aromatic rings. The van der Waals surface area contributed by atoms with E-state index in [9.17, 15) is 18.3 Å². The summed E-state index contributed by atoms with van der Waals surface area (Å²) in [7, 11) is 1.75. The SMILES string of the molecule is Cn1cc(O[C@@H]2CN(Cc3ccccc3C(F)(F)F)C[C@H]2O)cn1. The Labute approximate surface area is 137 Å². The highest BCUT2D eigenvalue weighted by Gasteiger charge is 2.36. The highest BCUT2D eigenvalue weighted by Crippen LogP contribution is 2.33. The van der Waals surface area contributed by atoms with Crippen LogP contribution in [0.5, 0.6) is 5.75 Å². The van der Waals surface area contributed by atoms with Gasteiger partial charge in [-0.2, -0.15) is 18.3 Å². The molecule has 8 heteroatoms. The second kappa shape index (κ2) is 6.45. The van der Waals surface area contributed by atoms with E-state index < -0.39 is 23.9 Å². The minimum absolute atomic E-state index is 0.111. The van der Waals surface area contributed by atoms with Crippen LogP contribution in [0.2, 0.25) is 0 Å². The molecule has 1 fully saturated rings. The van der Waals surface area contributed by atoms with Crippen LogP contribution >= 0.6 is 0 Å². The lowest BCUT2D eigenvalue weighted by Gasteiger charge is -2.19. The van der Waals surface area contributed by atoms with Crippen LogP contribution in [0.4, 0.5) is 13.2 Å². The van der Waals surface area contributed by atoms with Crippen molar-refractivity contribution in [2.24, 2.45) is 7.05 Å². The predicted molar refractivity (Wildman–Crippen MR) is 80.4 cm³/mol. The number of hydrogen-bond acceptors (Lipinski definition) is 4. The van der Waals surface area contributed by atoms with Crippen LogP contribution in [-0.2, 0) is 19.8 Å². The fraction of sp³-hybridized carbons (Fsp3) is 0.438. The number of halogens is 3. The monoisotopic (exact) mass is 341 g/mol. The summed E-state index contributed by atoms with van der Waals surface area (Å²) in [5.74, 6) is 0.527.